The van der Waals surface area contributed by atoms with Crippen LogP contribution in [0.1, 0.15) is 26.4 Å². The molecule has 3 heterocycles. The van der Waals surface area contributed by atoms with Gasteiger partial charge in [0.2, 0.25) is 5.78 Å². The molecule has 0 saturated carbocycles. The zero-order chi connectivity index (χ0) is 33.1. The number of aromatic nitrogens is 3. The van der Waals surface area contributed by atoms with Gasteiger partial charge in [-0.05, 0) is 67.3 Å². The predicted molar refractivity (Wildman–Crippen MR) is 183 cm³/mol. The smallest absolute Gasteiger partial charge is 0.254 e. The molecule has 12 heteroatoms. The van der Waals surface area contributed by atoms with Gasteiger partial charge in [-0.25, -0.2) is 19.1 Å². The Labute approximate surface area is 274 Å². The van der Waals surface area contributed by atoms with Crippen LogP contribution in [0.4, 0.5) is 10.2 Å². The van der Waals surface area contributed by atoms with Crippen LogP contribution in [0.15, 0.2) is 79.0 Å². The normalized spacial score (nSPS) is 14.0. The van der Waals surface area contributed by atoms with E-state index in [1.165, 1.54) is 23.0 Å². The number of morpholine rings is 1. The number of fused-ring (bicyclic) bond motifs is 1. The van der Waals surface area contributed by atoms with E-state index in [4.69, 9.17) is 19.9 Å². The van der Waals surface area contributed by atoms with Gasteiger partial charge in [0.15, 0.2) is 11.6 Å². The van der Waals surface area contributed by atoms with Crippen molar-refractivity contribution in [2.75, 3.05) is 63.2 Å². The summed E-state index contributed by atoms with van der Waals surface area (Å²) in [6, 6.07) is 20.4. The Hall–Kier alpha value is -4.65. The number of carbonyl (C=O) groups excluding carboxylic acids is 2. The number of nitrogen functional groups attached to an aromatic ring is 1. The number of nitrogens with two attached hydrogens (primary N) is 1. The lowest BCUT2D eigenvalue weighted by atomic mass is 10.1. The molecule has 246 valence electrons. The summed E-state index contributed by atoms with van der Waals surface area (Å²) in [7, 11) is -0.768. The second kappa shape index (κ2) is 13.6. The number of nitrogens with zero attached hydrogens (tertiary/aromatic N) is 4. The lowest BCUT2D eigenvalue weighted by Crippen LogP contribution is -2.40. The SMILES string of the molecule is CS(C)(C)CCOCn1c(C(=O)c2cnn(-c3ccc(Oc4ccccc4)c(F)c3)c2N)cc2cc(C(=O)N3CCOCC3)ccc21. The van der Waals surface area contributed by atoms with Crippen LogP contribution in [0.5, 0.6) is 11.5 Å². The van der Waals surface area contributed by atoms with Crippen molar-refractivity contribution in [3.8, 4) is 17.2 Å². The minimum Gasteiger partial charge on any atom is -0.454 e. The van der Waals surface area contributed by atoms with Crippen molar-refractivity contribution < 1.29 is 28.2 Å². The minimum atomic E-state index is -0.768. The molecule has 0 radical (unpaired) electrons. The summed E-state index contributed by atoms with van der Waals surface area (Å²) in [6.45, 7) is 2.74. The number of benzene rings is 3. The van der Waals surface area contributed by atoms with Crippen molar-refractivity contribution >= 4 is 38.4 Å². The first-order valence-corrected chi connectivity index (χ1v) is 18.3. The van der Waals surface area contributed by atoms with Crippen LogP contribution < -0.4 is 10.5 Å². The number of halogens is 1. The molecule has 1 fully saturated rings. The van der Waals surface area contributed by atoms with E-state index in [9.17, 15) is 9.59 Å². The van der Waals surface area contributed by atoms with Gasteiger partial charge in [-0.1, -0.05) is 18.2 Å². The molecule has 6 rings (SSSR count). The van der Waals surface area contributed by atoms with E-state index >= 15 is 4.39 Å². The molecule has 0 bridgehead atoms. The molecule has 1 saturated heterocycles. The maximum Gasteiger partial charge on any atom is 0.254 e. The second-order valence-electron chi connectivity index (χ2n) is 12.2. The van der Waals surface area contributed by atoms with Crippen LogP contribution in [0, 0.1) is 5.82 Å². The fourth-order valence-corrected chi connectivity index (χ4v) is 5.96. The van der Waals surface area contributed by atoms with Gasteiger partial charge in [-0.2, -0.15) is 5.10 Å². The lowest BCUT2D eigenvalue weighted by Gasteiger charge is -2.26. The number of hydrogen-bond acceptors (Lipinski definition) is 7. The Morgan fingerprint density at radius 1 is 1.00 bits per heavy atom. The number of ether oxygens (including phenoxy) is 3. The van der Waals surface area contributed by atoms with Gasteiger partial charge in [0.05, 0.1) is 48.5 Å². The van der Waals surface area contributed by atoms with Crippen LogP contribution in [0.25, 0.3) is 16.6 Å². The average Bonchev–Trinajstić information content (AvgIpc) is 3.63. The van der Waals surface area contributed by atoms with Crippen molar-refractivity contribution in [1.82, 2.24) is 19.2 Å². The molecular weight excluding hydrogens is 621 g/mol. The molecule has 47 heavy (non-hydrogen) atoms. The topological polar surface area (TPSA) is 114 Å². The van der Waals surface area contributed by atoms with Gasteiger partial charge < -0.3 is 29.4 Å². The summed E-state index contributed by atoms with van der Waals surface area (Å²) in [5.74, 6) is 0.459. The highest BCUT2D eigenvalue weighted by atomic mass is 32.3. The van der Waals surface area contributed by atoms with Crippen LogP contribution in [0.3, 0.4) is 0 Å². The highest BCUT2D eigenvalue weighted by molar-refractivity contribution is 8.32. The monoisotopic (exact) mass is 659 g/mol. The number of para-hydroxylation sites is 1. The number of anilines is 1. The van der Waals surface area contributed by atoms with Crippen LogP contribution >= 0.6 is 10.0 Å². The minimum absolute atomic E-state index is 0.0472. The molecule has 1 aliphatic heterocycles. The predicted octanol–water partition coefficient (Wildman–Crippen LogP) is 5.71. The Morgan fingerprint density at radius 2 is 1.77 bits per heavy atom. The number of ketones is 1. The van der Waals surface area contributed by atoms with Gasteiger partial charge in [-0.15, -0.1) is 0 Å². The van der Waals surface area contributed by atoms with Crippen molar-refractivity contribution in [3.63, 3.8) is 0 Å². The largest absolute Gasteiger partial charge is 0.454 e. The van der Waals surface area contributed by atoms with E-state index in [0.717, 1.165) is 16.7 Å². The summed E-state index contributed by atoms with van der Waals surface area (Å²) in [5, 5.41) is 5.05. The Kier molecular flexibility index (Phi) is 9.35. The van der Waals surface area contributed by atoms with Crippen LogP contribution in [-0.2, 0) is 16.2 Å². The molecule has 0 spiro atoms. The maximum atomic E-state index is 15.1. The van der Waals surface area contributed by atoms with E-state index in [1.807, 2.05) is 12.1 Å². The number of hydrogen-bond donors (Lipinski definition) is 1. The molecule has 0 aliphatic carbocycles. The van der Waals surface area contributed by atoms with Gasteiger partial charge in [0.25, 0.3) is 5.91 Å². The highest BCUT2D eigenvalue weighted by Gasteiger charge is 2.25. The first kappa shape index (κ1) is 32.3. The van der Waals surface area contributed by atoms with E-state index in [2.05, 4.69) is 23.9 Å². The van der Waals surface area contributed by atoms with Crippen molar-refractivity contribution in [2.24, 2.45) is 0 Å². The zero-order valence-electron chi connectivity index (χ0n) is 26.6. The Balaban J connectivity index is 1.30. The zero-order valence-corrected chi connectivity index (χ0v) is 27.5. The van der Waals surface area contributed by atoms with E-state index in [1.54, 1.807) is 58.0 Å². The van der Waals surface area contributed by atoms with Crippen LogP contribution in [0.2, 0.25) is 0 Å². The average molecular weight is 660 g/mol. The van der Waals surface area contributed by atoms with Gasteiger partial charge in [0.1, 0.15) is 18.3 Å². The molecule has 2 N–H and O–H groups in total. The fraction of sp³-hybridized carbons (Fsp3) is 0.286. The summed E-state index contributed by atoms with van der Waals surface area (Å²) in [6.07, 6.45) is 8.04. The third kappa shape index (κ3) is 7.19. The van der Waals surface area contributed by atoms with E-state index < -0.39 is 15.8 Å². The van der Waals surface area contributed by atoms with Gasteiger partial charge in [0, 0.05) is 35.9 Å². The molecule has 1 amide bonds. The fourth-order valence-electron chi connectivity index (χ4n) is 5.34. The van der Waals surface area contributed by atoms with Gasteiger partial charge >= 0.3 is 0 Å². The number of amides is 1. The van der Waals surface area contributed by atoms with E-state index in [0.29, 0.717) is 55.6 Å². The standard InChI is InChI=1S/C35H38FN5O5S/c1-47(2,3)18-17-45-23-40-30-11-9-24(35(43)39-13-15-44-16-14-39)19-25(30)20-31(40)33(42)28-22-38-41(34(28)37)26-10-12-32(29(36)21-26)46-27-7-5-4-6-8-27/h4-12,19-22H,13-18,23,37H2,1-3H3. The first-order valence-electron chi connectivity index (χ1n) is 15.2. The molecular formula is C35H38FN5O5S. The van der Waals surface area contributed by atoms with E-state index in [-0.39, 0.29) is 35.6 Å². The summed E-state index contributed by atoms with van der Waals surface area (Å²) in [4.78, 5) is 29.1. The van der Waals surface area contributed by atoms with Crippen molar-refractivity contribution in [2.45, 2.75) is 6.73 Å². The summed E-state index contributed by atoms with van der Waals surface area (Å²) in [5.41, 5.74) is 8.57. The quantitative estimate of drug-likeness (QED) is 0.143. The molecule has 5 aromatic rings. The summed E-state index contributed by atoms with van der Waals surface area (Å²) < 4.78 is 35.3. The molecule has 3 aromatic carbocycles. The van der Waals surface area contributed by atoms with Crippen LogP contribution in [-0.4, -0.2) is 88.4 Å². The van der Waals surface area contributed by atoms with Gasteiger partial charge in [-0.3, -0.25) is 9.59 Å². The molecule has 0 atom stereocenters. The molecule has 0 unspecified atom stereocenters. The lowest BCUT2D eigenvalue weighted by molar-refractivity contribution is 0.0303. The Bertz CT molecular complexity index is 1910. The first-order chi connectivity index (χ1) is 22.6. The third-order valence-electron chi connectivity index (χ3n) is 7.92. The molecule has 2 aromatic heterocycles. The highest BCUT2D eigenvalue weighted by Crippen LogP contribution is 2.34. The number of rotatable bonds is 11. The molecule has 1 aliphatic rings. The molecule has 10 nitrogen and oxygen atoms in total. The Morgan fingerprint density at radius 3 is 2.49 bits per heavy atom. The van der Waals surface area contributed by atoms with Crippen molar-refractivity contribution in [3.05, 3.63) is 102 Å². The summed E-state index contributed by atoms with van der Waals surface area (Å²) >= 11 is 0. The number of carbonyl (C=O) groups is 2. The second-order valence-corrected chi connectivity index (χ2v) is 16.8. The third-order valence-corrected chi connectivity index (χ3v) is 9.31. The maximum absolute atomic E-state index is 15.1. The van der Waals surface area contributed by atoms with Crippen molar-refractivity contribution in [1.29, 1.82) is 0 Å².